The number of nitrogens with one attached hydrogen (secondary N) is 1. The molecule has 42 heavy (non-hydrogen) atoms. The van der Waals surface area contributed by atoms with Crippen molar-refractivity contribution >= 4 is 27.5 Å². The standard InChI is InChI=1S/C31H36F3N3O4S/c1-6-27(29(39)35-30(3,4)5)36(20-23-11-8-7-9-12-23)28(38)21-37(25-14-10-13-24(19-25)31(32,33)34)42(40,41)26-17-15-22(2)16-18-26/h7-19,27H,6,20-21H2,1-5H3,(H,35,39)/t27-/m1/s1. The van der Waals surface area contributed by atoms with Crippen molar-refractivity contribution in [1.82, 2.24) is 10.2 Å². The highest BCUT2D eigenvalue weighted by Crippen LogP contribution is 2.33. The maximum Gasteiger partial charge on any atom is 0.416 e. The second-order valence-electron chi connectivity index (χ2n) is 11.0. The summed E-state index contributed by atoms with van der Waals surface area (Å²) in [5, 5.41) is 2.87. The summed E-state index contributed by atoms with van der Waals surface area (Å²) < 4.78 is 69.3. The maximum atomic E-state index is 14.0. The molecule has 3 aromatic rings. The highest BCUT2D eigenvalue weighted by Gasteiger charge is 2.36. The van der Waals surface area contributed by atoms with Crippen molar-refractivity contribution in [3.63, 3.8) is 0 Å². The second-order valence-corrected chi connectivity index (χ2v) is 12.9. The van der Waals surface area contributed by atoms with Gasteiger partial charge >= 0.3 is 6.18 Å². The van der Waals surface area contributed by atoms with E-state index in [1.165, 1.54) is 23.1 Å². The van der Waals surface area contributed by atoms with Crippen molar-refractivity contribution in [3.05, 3.63) is 95.6 Å². The smallest absolute Gasteiger partial charge is 0.350 e. The molecular formula is C31H36F3N3O4S. The van der Waals surface area contributed by atoms with Crippen molar-refractivity contribution in [2.24, 2.45) is 0 Å². The first kappa shape index (κ1) is 32.7. The quantitative estimate of drug-likeness (QED) is 0.311. The average molecular weight is 604 g/mol. The summed E-state index contributed by atoms with van der Waals surface area (Å²) >= 11 is 0. The number of nitrogens with zero attached hydrogens (tertiary/aromatic N) is 2. The lowest BCUT2D eigenvalue weighted by Crippen LogP contribution is -2.55. The molecule has 0 aliphatic rings. The fourth-order valence-electron chi connectivity index (χ4n) is 4.36. The van der Waals surface area contributed by atoms with Crippen molar-refractivity contribution in [3.8, 4) is 0 Å². The maximum absolute atomic E-state index is 14.0. The number of alkyl halides is 3. The van der Waals surface area contributed by atoms with E-state index >= 15 is 0 Å². The molecule has 0 spiro atoms. The van der Waals surface area contributed by atoms with E-state index in [2.05, 4.69) is 5.32 Å². The molecule has 0 aliphatic heterocycles. The van der Waals surface area contributed by atoms with Crippen LogP contribution in [0.25, 0.3) is 0 Å². The van der Waals surface area contributed by atoms with Crippen LogP contribution < -0.4 is 9.62 Å². The van der Waals surface area contributed by atoms with Crippen LogP contribution in [0, 0.1) is 6.92 Å². The summed E-state index contributed by atoms with van der Waals surface area (Å²) in [5.74, 6) is -1.18. The number of carbonyl (C=O) groups excluding carboxylic acids is 2. The van der Waals surface area contributed by atoms with Crippen molar-refractivity contribution in [2.75, 3.05) is 10.8 Å². The summed E-state index contributed by atoms with van der Waals surface area (Å²) in [6.45, 7) is 8.03. The molecule has 0 bridgehead atoms. The predicted molar refractivity (Wildman–Crippen MR) is 156 cm³/mol. The molecule has 0 saturated heterocycles. The van der Waals surface area contributed by atoms with Gasteiger partial charge in [0.1, 0.15) is 12.6 Å². The Bertz CT molecular complexity index is 1490. The van der Waals surface area contributed by atoms with Crippen LogP contribution >= 0.6 is 0 Å². The van der Waals surface area contributed by atoms with Gasteiger partial charge in [0.15, 0.2) is 0 Å². The lowest BCUT2D eigenvalue weighted by Gasteiger charge is -2.35. The van der Waals surface area contributed by atoms with Gasteiger partial charge in [-0.3, -0.25) is 13.9 Å². The molecular weight excluding hydrogens is 567 g/mol. The topological polar surface area (TPSA) is 86.8 Å². The van der Waals surface area contributed by atoms with Gasteiger partial charge in [-0.2, -0.15) is 13.2 Å². The van der Waals surface area contributed by atoms with E-state index in [9.17, 15) is 31.2 Å². The normalized spacial score (nSPS) is 12.9. The van der Waals surface area contributed by atoms with Crippen LogP contribution in [0.4, 0.5) is 18.9 Å². The Labute approximate surface area is 245 Å². The zero-order valence-electron chi connectivity index (χ0n) is 24.3. The highest BCUT2D eigenvalue weighted by atomic mass is 32.2. The molecule has 11 heteroatoms. The summed E-state index contributed by atoms with van der Waals surface area (Å²) in [5.41, 5.74) is -0.523. The highest BCUT2D eigenvalue weighted by molar-refractivity contribution is 7.92. The third-order valence-electron chi connectivity index (χ3n) is 6.43. The minimum absolute atomic E-state index is 0.0171. The molecule has 0 heterocycles. The zero-order valence-corrected chi connectivity index (χ0v) is 25.1. The Morgan fingerprint density at radius 3 is 2.07 bits per heavy atom. The van der Waals surface area contributed by atoms with Gasteiger partial charge in [-0.15, -0.1) is 0 Å². The van der Waals surface area contributed by atoms with E-state index in [1.54, 1.807) is 77.1 Å². The van der Waals surface area contributed by atoms with E-state index in [4.69, 9.17) is 0 Å². The first-order valence-corrected chi connectivity index (χ1v) is 14.9. The largest absolute Gasteiger partial charge is 0.416 e. The summed E-state index contributed by atoms with van der Waals surface area (Å²) in [6.07, 6.45) is -4.52. The lowest BCUT2D eigenvalue weighted by molar-refractivity contribution is -0.141. The molecule has 226 valence electrons. The molecule has 3 aromatic carbocycles. The average Bonchev–Trinajstić information content (AvgIpc) is 2.91. The minimum atomic E-state index is -4.74. The predicted octanol–water partition coefficient (Wildman–Crippen LogP) is 5.93. The van der Waals surface area contributed by atoms with Crippen molar-refractivity contribution < 1.29 is 31.2 Å². The van der Waals surface area contributed by atoms with Crippen LogP contribution in [0.5, 0.6) is 0 Å². The van der Waals surface area contributed by atoms with E-state index < -0.39 is 51.7 Å². The molecule has 0 aliphatic carbocycles. The number of aryl methyl sites for hydroxylation is 1. The van der Waals surface area contributed by atoms with Crippen LogP contribution in [0.2, 0.25) is 0 Å². The van der Waals surface area contributed by atoms with Crippen LogP contribution in [-0.4, -0.2) is 43.3 Å². The molecule has 0 fully saturated rings. The van der Waals surface area contributed by atoms with Crippen LogP contribution in [0.1, 0.15) is 50.8 Å². The van der Waals surface area contributed by atoms with E-state index in [-0.39, 0.29) is 23.5 Å². The first-order valence-electron chi connectivity index (χ1n) is 13.4. The van der Waals surface area contributed by atoms with E-state index in [0.29, 0.717) is 15.9 Å². The summed E-state index contributed by atoms with van der Waals surface area (Å²) in [6, 6.07) is 17.5. The van der Waals surface area contributed by atoms with Crippen molar-refractivity contribution in [1.29, 1.82) is 0 Å². The molecule has 0 aromatic heterocycles. The molecule has 7 nitrogen and oxygen atoms in total. The number of sulfonamides is 1. The van der Waals surface area contributed by atoms with E-state index in [1.807, 2.05) is 0 Å². The monoisotopic (exact) mass is 603 g/mol. The van der Waals surface area contributed by atoms with Gasteiger partial charge in [0.05, 0.1) is 16.1 Å². The molecule has 0 saturated carbocycles. The van der Waals surface area contributed by atoms with Gasteiger partial charge in [-0.05, 0) is 70.0 Å². The Morgan fingerprint density at radius 2 is 1.52 bits per heavy atom. The minimum Gasteiger partial charge on any atom is -0.350 e. The molecule has 0 radical (unpaired) electrons. The van der Waals surface area contributed by atoms with Crippen LogP contribution in [0.15, 0.2) is 83.8 Å². The molecule has 1 N–H and O–H groups in total. The van der Waals surface area contributed by atoms with Crippen LogP contribution in [-0.2, 0) is 32.3 Å². The number of hydrogen-bond donors (Lipinski definition) is 1. The van der Waals surface area contributed by atoms with Crippen LogP contribution in [0.3, 0.4) is 0 Å². The van der Waals surface area contributed by atoms with E-state index in [0.717, 1.165) is 17.7 Å². The fraction of sp³-hybridized carbons (Fsp3) is 0.355. The van der Waals surface area contributed by atoms with Gasteiger partial charge in [-0.25, -0.2) is 8.42 Å². The number of carbonyl (C=O) groups is 2. The first-order chi connectivity index (χ1) is 19.5. The third kappa shape index (κ3) is 8.34. The van der Waals surface area contributed by atoms with Gasteiger partial charge < -0.3 is 10.2 Å². The van der Waals surface area contributed by atoms with Crippen molar-refractivity contribution in [2.45, 2.75) is 70.2 Å². The van der Waals surface area contributed by atoms with Gasteiger partial charge in [0.2, 0.25) is 11.8 Å². The SMILES string of the molecule is CC[C@H](C(=O)NC(C)(C)C)N(Cc1ccccc1)C(=O)CN(c1cccc(C(F)(F)F)c1)S(=O)(=O)c1ccc(C)cc1. The van der Waals surface area contributed by atoms with Gasteiger partial charge in [-0.1, -0.05) is 61.0 Å². The molecule has 3 rings (SSSR count). The van der Waals surface area contributed by atoms with Gasteiger partial charge in [0.25, 0.3) is 10.0 Å². The Hall–Kier alpha value is -3.86. The summed E-state index contributed by atoms with van der Waals surface area (Å²) in [4.78, 5) is 28.4. The number of anilines is 1. The number of hydrogen-bond acceptors (Lipinski definition) is 4. The lowest BCUT2D eigenvalue weighted by atomic mass is 10.1. The van der Waals surface area contributed by atoms with Gasteiger partial charge in [0, 0.05) is 12.1 Å². The molecule has 0 unspecified atom stereocenters. The second kappa shape index (κ2) is 13.0. The molecule has 1 atom stereocenters. The molecule has 2 amide bonds. The number of benzene rings is 3. The number of amides is 2. The zero-order chi connectivity index (χ0) is 31.3. The Balaban J connectivity index is 2.12. The fourth-order valence-corrected chi connectivity index (χ4v) is 5.76. The number of halogens is 3. The Morgan fingerprint density at radius 1 is 0.905 bits per heavy atom. The Kier molecular flexibility index (Phi) is 10.1. The number of rotatable bonds is 10. The third-order valence-corrected chi connectivity index (χ3v) is 8.22. The summed E-state index contributed by atoms with van der Waals surface area (Å²) in [7, 11) is -4.50.